The van der Waals surface area contributed by atoms with E-state index < -0.39 is 24.0 Å². The average molecular weight is 575 g/mol. The van der Waals surface area contributed by atoms with Gasteiger partial charge in [0.2, 0.25) is 17.7 Å². The number of carbonyl (C=O) groups excluding carboxylic acids is 3. The first-order valence-electron chi connectivity index (χ1n) is 13.8. The van der Waals surface area contributed by atoms with Crippen LogP contribution in [0.1, 0.15) is 44.2 Å². The molecule has 0 aromatic heterocycles. The summed E-state index contributed by atoms with van der Waals surface area (Å²) in [5.74, 6) is -0.269. The van der Waals surface area contributed by atoms with Crippen LogP contribution >= 0.6 is 12.4 Å². The first kappa shape index (κ1) is 31.4. The van der Waals surface area contributed by atoms with E-state index in [2.05, 4.69) is 16.0 Å². The number of benzene rings is 2. The average Bonchev–Trinajstić information content (AvgIpc) is 3.76. The quantitative estimate of drug-likeness (QED) is 0.523. The molecule has 3 N–H and O–H groups in total. The molecule has 0 radical (unpaired) electrons. The van der Waals surface area contributed by atoms with E-state index in [0.717, 1.165) is 24.2 Å². The molecule has 1 aliphatic heterocycles. The van der Waals surface area contributed by atoms with Crippen LogP contribution in [0, 0.1) is 11.7 Å². The second-order valence-electron chi connectivity index (χ2n) is 10.7. The Morgan fingerprint density at radius 2 is 1.70 bits per heavy atom. The van der Waals surface area contributed by atoms with Gasteiger partial charge in [-0.2, -0.15) is 0 Å². The number of hydrogen-bond acceptors (Lipinski definition) is 5. The zero-order valence-corrected chi connectivity index (χ0v) is 24.1. The lowest BCUT2D eigenvalue weighted by molar-refractivity contribution is -0.141. The maximum atomic E-state index is 13.5. The molecule has 40 heavy (non-hydrogen) atoms. The molecule has 10 heteroatoms. The van der Waals surface area contributed by atoms with E-state index in [1.165, 1.54) is 17.0 Å². The van der Waals surface area contributed by atoms with Gasteiger partial charge in [-0.1, -0.05) is 30.3 Å². The Hall–Kier alpha value is -3.17. The minimum absolute atomic E-state index is 0. The number of halogens is 2. The molecule has 4 rings (SSSR count). The number of amides is 3. The van der Waals surface area contributed by atoms with E-state index in [-0.39, 0.29) is 48.5 Å². The van der Waals surface area contributed by atoms with Crippen LogP contribution in [0.5, 0.6) is 5.75 Å². The maximum absolute atomic E-state index is 13.5. The highest BCUT2D eigenvalue weighted by atomic mass is 35.5. The van der Waals surface area contributed by atoms with Gasteiger partial charge in [-0.15, -0.1) is 12.4 Å². The Kier molecular flexibility index (Phi) is 11.3. The highest BCUT2D eigenvalue weighted by Crippen LogP contribution is 2.33. The summed E-state index contributed by atoms with van der Waals surface area (Å²) in [5.41, 5.74) is 1.76. The topological polar surface area (TPSA) is 99.8 Å². The summed E-state index contributed by atoms with van der Waals surface area (Å²) >= 11 is 0. The molecule has 2 aromatic carbocycles. The summed E-state index contributed by atoms with van der Waals surface area (Å²) in [6, 6.07) is 11.6. The zero-order chi connectivity index (χ0) is 27.9. The van der Waals surface area contributed by atoms with Gasteiger partial charge in [0.15, 0.2) is 0 Å². The Balaban J connectivity index is 0.00000441. The van der Waals surface area contributed by atoms with Gasteiger partial charge >= 0.3 is 0 Å². The Morgan fingerprint density at radius 1 is 1.00 bits per heavy atom. The summed E-state index contributed by atoms with van der Waals surface area (Å²) in [6.07, 6.45) is 3.33. The van der Waals surface area contributed by atoms with Crippen LogP contribution in [0.3, 0.4) is 0 Å². The van der Waals surface area contributed by atoms with E-state index in [4.69, 9.17) is 4.74 Å². The Morgan fingerprint density at radius 3 is 2.40 bits per heavy atom. The van der Waals surface area contributed by atoms with Gasteiger partial charge < -0.3 is 25.6 Å². The highest BCUT2D eigenvalue weighted by Gasteiger charge is 2.39. The van der Waals surface area contributed by atoms with E-state index in [1.54, 1.807) is 26.1 Å². The second kappa shape index (κ2) is 14.5. The molecule has 0 unspecified atom stereocenters. The number of hydrogen-bond donors (Lipinski definition) is 3. The van der Waals surface area contributed by atoms with Crippen molar-refractivity contribution in [2.24, 2.45) is 5.92 Å². The van der Waals surface area contributed by atoms with Crippen molar-refractivity contribution in [3.05, 3.63) is 65.5 Å². The predicted molar refractivity (Wildman–Crippen MR) is 154 cm³/mol. The second-order valence-corrected chi connectivity index (χ2v) is 10.7. The van der Waals surface area contributed by atoms with Crippen molar-refractivity contribution in [1.82, 2.24) is 20.9 Å². The van der Waals surface area contributed by atoms with Crippen LogP contribution in [0.25, 0.3) is 0 Å². The maximum Gasteiger partial charge on any atom is 0.243 e. The molecular weight excluding hydrogens is 535 g/mol. The zero-order valence-electron chi connectivity index (χ0n) is 23.3. The van der Waals surface area contributed by atoms with Crippen LogP contribution < -0.4 is 20.7 Å². The Bertz CT molecular complexity index is 1160. The van der Waals surface area contributed by atoms with Crippen LogP contribution in [0.15, 0.2) is 48.5 Å². The molecule has 8 nitrogen and oxygen atoms in total. The normalized spacial score (nSPS) is 25.3. The molecule has 0 bridgehead atoms. The van der Waals surface area contributed by atoms with Crippen LogP contribution in [-0.4, -0.2) is 67.0 Å². The molecule has 3 amide bonds. The standard InChI is InChI=1S/C30H39FN4O4.ClH/c1-19-18-33-27(23-12-13-23)30(38)35(3)20(2)28(36)34-25(17-21-10-14-24(31)15-11-21)29(37)32-16-6-8-22-7-4-5-9-26(22)39-19;/h4-5,7,9-11,14-15,19-20,23,25,27,33H,6,8,12-13,16-18H2,1-3H3,(H,32,37)(H,34,36);1H/t19-,20-,25-,27+;/m1./s1. The first-order valence-corrected chi connectivity index (χ1v) is 13.8. The van der Waals surface area contributed by atoms with Crippen molar-refractivity contribution in [1.29, 1.82) is 0 Å². The minimum atomic E-state index is -0.873. The molecule has 1 fully saturated rings. The number of rotatable bonds is 3. The van der Waals surface area contributed by atoms with Crippen molar-refractivity contribution in [2.45, 2.75) is 70.2 Å². The fourth-order valence-electron chi connectivity index (χ4n) is 4.82. The summed E-state index contributed by atoms with van der Waals surface area (Å²) in [4.78, 5) is 41.4. The number of fused-ring (bicyclic) bond motifs is 1. The number of para-hydroxylation sites is 1. The van der Waals surface area contributed by atoms with E-state index in [1.807, 2.05) is 31.2 Å². The van der Waals surface area contributed by atoms with Crippen molar-refractivity contribution in [3.63, 3.8) is 0 Å². The molecular formula is C30H40ClFN4O4. The lowest BCUT2D eigenvalue weighted by atomic mass is 10.0. The van der Waals surface area contributed by atoms with Gasteiger partial charge in [0.05, 0.1) is 6.04 Å². The molecule has 218 valence electrons. The molecule has 1 heterocycles. The summed E-state index contributed by atoms with van der Waals surface area (Å²) < 4.78 is 19.7. The predicted octanol–water partition coefficient (Wildman–Crippen LogP) is 3.02. The van der Waals surface area contributed by atoms with Gasteiger partial charge in [-0.05, 0) is 74.8 Å². The highest BCUT2D eigenvalue weighted by molar-refractivity contribution is 5.93. The van der Waals surface area contributed by atoms with E-state index >= 15 is 0 Å². The van der Waals surface area contributed by atoms with Gasteiger partial charge in [-0.3, -0.25) is 14.4 Å². The number of ether oxygens (including phenoxy) is 1. The number of nitrogens with zero attached hydrogens (tertiary/aromatic N) is 1. The number of aryl methyl sites for hydroxylation is 1. The number of likely N-dealkylation sites (N-methyl/N-ethyl adjacent to an activating group) is 1. The molecule has 0 spiro atoms. The third-order valence-electron chi connectivity index (χ3n) is 7.50. The summed E-state index contributed by atoms with van der Waals surface area (Å²) in [5, 5.41) is 9.17. The van der Waals surface area contributed by atoms with Gasteiger partial charge in [0, 0.05) is 26.6 Å². The summed E-state index contributed by atoms with van der Waals surface area (Å²) in [7, 11) is 1.62. The van der Waals surface area contributed by atoms with Gasteiger partial charge in [0.1, 0.15) is 29.8 Å². The van der Waals surface area contributed by atoms with Crippen molar-refractivity contribution in [3.8, 4) is 5.75 Å². The molecule has 4 atom stereocenters. The summed E-state index contributed by atoms with van der Waals surface area (Å²) in [6.45, 7) is 4.53. The van der Waals surface area contributed by atoms with Gasteiger partial charge in [-0.25, -0.2) is 4.39 Å². The Labute approximate surface area is 241 Å². The van der Waals surface area contributed by atoms with Crippen molar-refractivity contribution >= 4 is 30.1 Å². The molecule has 2 aromatic rings. The smallest absolute Gasteiger partial charge is 0.243 e. The van der Waals surface area contributed by atoms with Crippen molar-refractivity contribution < 1.29 is 23.5 Å². The van der Waals surface area contributed by atoms with Gasteiger partial charge in [0.25, 0.3) is 0 Å². The fraction of sp³-hybridized carbons (Fsp3) is 0.500. The SMILES string of the molecule is C[C@@H]1CN[C@@H](C2CC2)C(=O)N(C)[C@H](C)C(=O)N[C@H](Cc2ccc(F)cc2)C(=O)NCCCc2ccccc2O1.Cl. The lowest BCUT2D eigenvalue weighted by Crippen LogP contribution is -2.57. The van der Waals surface area contributed by atoms with E-state index in [0.29, 0.717) is 31.5 Å². The first-order chi connectivity index (χ1) is 18.7. The van der Waals surface area contributed by atoms with Crippen LogP contribution in [0.2, 0.25) is 0 Å². The minimum Gasteiger partial charge on any atom is -0.489 e. The number of nitrogens with one attached hydrogen (secondary N) is 3. The van der Waals surface area contributed by atoms with Crippen molar-refractivity contribution in [2.75, 3.05) is 20.1 Å². The molecule has 0 saturated heterocycles. The lowest BCUT2D eigenvalue weighted by Gasteiger charge is -2.31. The third-order valence-corrected chi connectivity index (χ3v) is 7.50. The fourth-order valence-corrected chi connectivity index (χ4v) is 4.82. The molecule has 2 aliphatic rings. The van der Waals surface area contributed by atoms with Crippen LogP contribution in [-0.2, 0) is 27.2 Å². The molecule has 1 aliphatic carbocycles. The largest absolute Gasteiger partial charge is 0.489 e. The number of carbonyl (C=O) groups is 3. The monoisotopic (exact) mass is 574 g/mol. The third kappa shape index (κ3) is 8.41. The van der Waals surface area contributed by atoms with Crippen LogP contribution in [0.4, 0.5) is 4.39 Å². The molecule has 1 saturated carbocycles. The van der Waals surface area contributed by atoms with E-state index in [9.17, 15) is 18.8 Å².